The van der Waals surface area contributed by atoms with Crippen molar-refractivity contribution in [3.8, 4) is 16.9 Å². The standard InChI is InChI=1S/C15H12F2O/c1-18-14-8-6-13(7-9-14)12-4-2-11(3-5-12)10-15(16)17/h2-10H,1H3. The van der Waals surface area contributed by atoms with Gasteiger partial charge in [-0.1, -0.05) is 36.4 Å². The summed E-state index contributed by atoms with van der Waals surface area (Å²) >= 11 is 0. The van der Waals surface area contributed by atoms with Crippen molar-refractivity contribution < 1.29 is 13.5 Å². The van der Waals surface area contributed by atoms with Gasteiger partial charge < -0.3 is 4.74 Å². The van der Waals surface area contributed by atoms with Gasteiger partial charge >= 0.3 is 0 Å². The van der Waals surface area contributed by atoms with Crippen LogP contribution in [0.25, 0.3) is 17.2 Å². The monoisotopic (exact) mass is 246 g/mol. The third-order valence-electron chi connectivity index (χ3n) is 2.61. The summed E-state index contributed by atoms with van der Waals surface area (Å²) in [5, 5.41) is 0. The van der Waals surface area contributed by atoms with E-state index in [1.165, 1.54) is 0 Å². The minimum absolute atomic E-state index is 0.493. The molecule has 0 unspecified atom stereocenters. The first kappa shape index (κ1) is 12.3. The highest BCUT2D eigenvalue weighted by Crippen LogP contribution is 2.23. The van der Waals surface area contributed by atoms with Crippen molar-refractivity contribution in [2.24, 2.45) is 0 Å². The van der Waals surface area contributed by atoms with Gasteiger partial charge in [-0.2, -0.15) is 8.78 Å². The zero-order valence-corrected chi connectivity index (χ0v) is 9.86. The van der Waals surface area contributed by atoms with Crippen LogP contribution in [0, 0.1) is 0 Å². The maximum atomic E-state index is 12.1. The van der Waals surface area contributed by atoms with Crippen LogP contribution < -0.4 is 4.74 Å². The Kier molecular flexibility index (Phi) is 3.72. The minimum Gasteiger partial charge on any atom is -0.497 e. The highest BCUT2D eigenvalue weighted by Gasteiger charge is 1.99. The molecule has 0 N–H and O–H groups in total. The van der Waals surface area contributed by atoms with E-state index in [1.54, 1.807) is 19.2 Å². The zero-order chi connectivity index (χ0) is 13.0. The van der Waals surface area contributed by atoms with E-state index in [4.69, 9.17) is 4.74 Å². The quantitative estimate of drug-likeness (QED) is 0.769. The molecular weight excluding hydrogens is 234 g/mol. The predicted molar refractivity (Wildman–Crippen MR) is 68.6 cm³/mol. The number of ether oxygens (including phenoxy) is 1. The summed E-state index contributed by atoms with van der Waals surface area (Å²) < 4.78 is 29.2. The summed E-state index contributed by atoms with van der Waals surface area (Å²) in [7, 11) is 1.61. The Balaban J connectivity index is 2.25. The average Bonchev–Trinajstić information content (AvgIpc) is 2.39. The smallest absolute Gasteiger partial charge is 0.270 e. The number of hydrogen-bond donors (Lipinski definition) is 0. The maximum absolute atomic E-state index is 12.1. The van der Waals surface area contributed by atoms with Gasteiger partial charge in [0.1, 0.15) is 5.75 Å². The van der Waals surface area contributed by atoms with E-state index >= 15 is 0 Å². The van der Waals surface area contributed by atoms with Crippen LogP contribution in [-0.4, -0.2) is 7.11 Å². The van der Waals surface area contributed by atoms with E-state index in [-0.39, 0.29) is 0 Å². The Morgan fingerprint density at radius 2 is 1.39 bits per heavy atom. The van der Waals surface area contributed by atoms with Crippen LogP contribution in [-0.2, 0) is 0 Å². The minimum atomic E-state index is -1.69. The van der Waals surface area contributed by atoms with Crippen molar-refractivity contribution in [1.82, 2.24) is 0 Å². The van der Waals surface area contributed by atoms with E-state index < -0.39 is 6.08 Å². The van der Waals surface area contributed by atoms with E-state index in [2.05, 4.69) is 0 Å². The van der Waals surface area contributed by atoms with Crippen molar-refractivity contribution in [1.29, 1.82) is 0 Å². The van der Waals surface area contributed by atoms with Gasteiger partial charge in [0.25, 0.3) is 6.08 Å². The van der Waals surface area contributed by atoms with Crippen LogP contribution in [0.3, 0.4) is 0 Å². The van der Waals surface area contributed by atoms with Crippen molar-refractivity contribution in [3.63, 3.8) is 0 Å². The molecule has 3 heteroatoms. The normalized spacial score (nSPS) is 9.94. The first-order valence-electron chi connectivity index (χ1n) is 5.46. The first-order valence-corrected chi connectivity index (χ1v) is 5.46. The highest BCUT2D eigenvalue weighted by atomic mass is 19.3. The van der Waals surface area contributed by atoms with Gasteiger partial charge in [0.2, 0.25) is 0 Å². The fourth-order valence-corrected chi connectivity index (χ4v) is 1.68. The molecule has 2 aromatic carbocycles. The Morgan fingerprint density at radius 1 is 0.889 bits per heavy atom. The van der Waals surface area contributed by atoms with Gasteiger partial charge in [0.05, 0.1) is 7.11 Å². The molecule has 2 rings (SSSR count). The van der Waals surface area contributed by atoms with Gasteiger partial charge in [0.15, 0.2) is 0 Å². The number of hydrogen-bond acceptors (Lipinski definition) is 1. The molecule has 0 saturated carbocycles. The predicted octanol–water partition coefficient (Wildman–Crippen LogP) is 4.60. The molecule has 92 valence electrons. The Morgan fingerprint density at radius 3 is 1.83 bits per heavy atom. The molecular formula is C15H12F2O. The number of halogens is 2. The second kappa shape index (κ2) is 5.45. The van der Waals surface area contributed by atoms with Gasteiger partial charge in [-0.15, -0.1) is 0 Å². The van der Waals surface area contributed by atoms with Crippen molar-refractivity contribution >= 4 is 6.08 Å². The van der Waals surface area contributed by atoms with E-state index in [1.807, 2.05) is 36.4 Å². The molecule has 0 fully saturated rings. The van der Waals surface area contributed by atoms with Gasteiger partial charge in [0, 0.05) is 6.08 Å². The van der Waals surface area contributed by atoms with Crippen LogP contribution in [0.15, 0.2) is 54.6 Å². The Labute approximate surface area is 104 Å². The van der Waals surface area contributed by atoms with E-state index in [9.17, 15) is 8.78 Å². The molecule has 0 aliphatic carbocycles. The molecule has 0 saturated heterocycles. The molecule has 0 aliphatic rings. The zero-order valence-electron chi connectivity index (χ0n) is 9.86. The van der Waals surface area contributed by atoms with Gasteiger partial charge in [-0.25, -0.2) is 0 Å². The highest BCUT2D eigenvalue weighted by molar-refractivity contribution is 5.66. The molecule has 0 bridgehead atoms. The lowest BCUT2D eigenvalue weighted by Crippen LogP contribution is -1.83. The lowest BCUT2D eigenvalue weighted by Gasteiger charge is -2.04. The van der Waals surface area contributed by atoms with Crippen molar-refractivity contribution in [3.05, 3.63) is 60.2 Å². The summed E-state index contributed by atoms with van der Waals surface area (Å²) in [5.74, 6) is 0.790. The van der Waals surface area contributed by atoms with Crippen LogP contribution in [0.5, 0.6) is 5.75 Å². The lowest BCUT2D eigenvalue weighted by atomic mass is 10.0. The SMILES string of the molecule is COc1ccc(-c2ccc(C=C(F)F)cc2)cc1. The van der Waals surface area contributed by atoms with Gasteiger partial charge in [-0.05, 0) is 28.8 Å². The molecule has 18 heavy (non-hydrogen) atoms. The van der Waals surface area contributed by atoms with Crippen LogP contribution in [0.1, 0.15) is 5.56 Å². The summed E-state index contributed by atoms with van der Waals surface area (Å²) in [6, 6.07) is 14.6. The summed E-state index contributed by atoms with van der Waals surface area (Å²) in [5.41, 5.74) is 2.49. The van der Waals surface area contributed by atoms with E-state index in [0.29, 0.717) is 5.56 Å². The summed E-state index contributed by atoms with van der Waals surface area (Å²) in [4.78, 5) is 0. The Hall–Kier alpha value is -2.16. The largest absolute Gasteiger partial charge is 0.497 e. The molecule has 0 radical (unpaired) electrons. The molecule has 0 heterocycles. The lowest BCUT2D eigenvalue weighted by molar-refractivity contribution is 0.415. The number of rotatable bonds is 3. The molecule has 2 aromatic rings. The number of benzene rings is 2. The van der Waals surface area contributed by atoms with Crippen LogP contribution in [0.2, 0.25) is 0 Å². The van der Waals surface area contributed by atoms with Crippen LogP contribution >= 0.6 is 0 Å². The fraction of sp³-hybridized carbons (Fsp3) is 0.0667. The Bertz CT molecular complexity index is 538. The van der Waals surface area contributed by atoms with Gasteiger partial charge in [-0.3, -0.25) is 0 Å². The molecule has 0 aliphatic heterocycles. The summed E-state index contributed by atoms with van der Waals surface area (Å²) in [6.45, 7) is 0. The molecule has 1 nitrogen and oxygen atoms in total. The fourth-order valence-electron chi connectivity index (χ4n) is 1.68. The van der Waals surface area contributed by atoms with Crippen LogP contribution in [0.4, 0.5) is 8.78 Å². The van der Waals surface area contributed by atoms with Crippen molar-refractivity contribution in [2.75, 3.05) is 7.11 Å². The van der Waals surface area contributed by atoms with Crippen molar-refractivity contribution in [2.45, 2.75) is 0 Å². The molecule has 0 spiro atoms. The third-order valence-corrected chi connectivity index (χ3v) is 2.61. The molecule has 0 amide bonds. The first-order chi connectivity index (χ1) is 8.69. The topological polar surface area (TPSA) is 9.23 Å². The molecule has 0 aromatic heterocycles. The third kappa shape index (κ3) is 2.94. The van der Waals surface area contributed by atoms with E-state index in [0.717, 1.165) is 23.0 Å². The second-order valence-electron chi connectivity index (χ2n) is 3.78. The summed E-state index contributed by atoms with van der Waals surface area (Å²) in [6.07, 6.45) is -0.843. The molecule has 0 atom stereocenters. The maximum Gasteiger partial charge on any atom is 0.270 e. The second-order valence-corrected chi connectivity index (χ2v) is 3.78. The number of methoxy groups -OCH3 is 1. The average molecular weight is 246 g/mol.